The van der Waals surface area contributed by atoms with E-state index in [9.17, 15) is 8.78 Å². The second-order valence-electron chi connectivity index (χ2n) is 7.76. The van der Waals surface area contributed by atoms with Crippen molar-refractivity contribution in [2.45, 2.75) is 19.0 Å². The summed E-state index contributed by atoms with van der Waals surface area (Å²) in [6.07, 6.45) is 1.73. The standard InChI is InChI=1S/C25H18BrF2N3OS/c1-14-12-16(6-8-19(14)28)31-24(23(30-25(31)33)20-4-2-3-11-29-20)22-10-9-21(32-22)17-7-5-15(27)13-18(17)26/h2-13,23-24H,1H3,(H,30,33)/t23-,24-/m1/s1. The van der Waals surface area contributed by atoms with Gasteiger partial charge < -0.3 is 14.6 Å². The van der Waals surface area contributed by atoms with Crippen molar-refractivity contribution in [3.05, 3.63) is 106 Å². The van der Waals surface area contributed by atoms with Crippen LogP contribution in [-0.2, 0) is 0 Å². The summed E-state index contributed by atoms with van der Waals surface area (Å²) in [5, 5.41) is 3.84. The zero-order valence-electron chi connectivity index (χ0n) is 17.4. The molecule has 2 aromatic carbocycles. The fraction of sp³-hybridized carbons (Fsp3) is 0.120. The average molecular weight is 526 g/mol. The Hall–Kier alpha value is -3.10. The van der Waals surface area contributed by atoms with E-state index in [1.807, 2.05) is 35.2 Å². The van der Waals surface area contributed by atoms with Gasteiger partial charge in [-0.15, -0.1) is 0 Å². The zero-order valence-corrected chi connectivity index (χ0v) is 19.8. The van der Waals surface area contributed by atoms with Crippen molar-refractivity contribution in [3.63, 3.8) is 0 Å². The molecule has 2 aromatic heterocycles. The maximum Gasteiger partial charge on any atom is 0.174 e. The number of rotatable bonds is 4. The first kappa shape index (κ1) is 21.7. The summed E-state index contributed by atoms with van der Waals surface area (Å²) in [4.78, 5) is 6.44. The Kier molecular flexibility index (Phi) is 5.72. The van der Waals surface area contributed by atoms with Gasteiger partial charge in [-0.2, -0.15) is 0 Å². The normalized spacial score (nSPS) is 17.9. The SMILES string of the molecule is Cc1cc(N2C(=S)N[C@H](c3ccccn3)[C@H]2c2ccc(-c3ccc(F)cc3Br)o2)ccc1F. The van der Waals surface area contributed by atoms with Gasteiger partial charge in [-0.25, -0.2) is 8.78 Å². The minimum atomic E-state index is -0.370. The lowest BCUT2D eigenvalue weighted by atomic mass is 10.0. The molecule has 1 saturated heterocycles. The molecule has 33 heavy (non-hydrogen) atoms. The van der Waals surface area contributed by atoms with E-state index in [0.717, 1.165) is 16.9 Å². The van der Waals surface area contributed by atoms with Crippen LogP contribution in [0, 0.1) is 18.6 Å². The first-order valence-electron chi connectivity index (χ1n) is 10.2. The average Bonchev–Trinajstić information content (AvgIpc) is 3.41. The molecule has 4 nitrogen and oxygen atoms in total. The van der Waals surface area contributed by atoms with Gasteiger partial charge in [0, 0.05) is 21.9 Å². The number of thiocarbonyl (C=S) groups is 1. The highest BCUT2D eigenvalue weighted by Gasteiger charge is 2.42. The molecule has 0 saturated carbocycles. The maximum atomic E-state index is 14.0. The monoisotopic (exact) mass is 525 g/mol. The van der Waals surface area contributed by atoms with Crippen LogP contribution < -0.4 is 10.2 Å². The van der Waals surface area contributed by atoms with Crippen LogP contribution in [0.25, 0.3) is 11.3 Å². The number of halogens is 3. The van der Waals surface area contributed by atoms with Gasteiger partial charge in [-0.05, 0) is 101 Å². The Morgan fingerprint density at radius 2 is 1.91 bits per heavy atom. The van der Waals surface area contributed by atoms with E-state index >= 15 is 0 Å². The molecular weight excluding hydrogens is 508 g/mol. The summed E-state index contributed by atoms with van der Waals surface area (Å²) >= 11 is 9.10. The summed E-state index contributed by atoms with van der Waals surface area (Å²) in [6, 6.07) is 18.1. The predicted octanol–water partition coefficient (Wildman–Crippen LogP) is 6.87. The number of benzene rings is 2. The van der Waals surface area contributed by atoms with Gasteiger partial charge in [0.2, 0.25) is 0 Å². The fourth-order valence-electron chi connectivity index (χ4n) is 4.05. The summed E-state index contributed by atoms with van der Waals surface area (Å²) in [7, 11) is 0. The summed E-state index contributed by atoms with van der Waals surface area (Å²) in [5.41, 5.74) is 2.79. The number of furan rings is 1. The molecule has 3 heterocycles. The zero-order chi connectivity index (χ0) is 23.1. The van der Waals surface area contributed by atoms with Gasteiger partial charge >= 0.3 is 0 Å². The van der Waals surface area contributed by atoms with Crippen molar-refractivity contribution in [3.8, 4) is 11.3 Å². The molecule has 1 aliphatic rings. The second-order valence-corrected chi connectivity index (χ2v) is 9.00. The molecule has 2 atom stereocenters. The van der Waals surface area contributed by atoms with E-state index in [4.69, 9.17) is 16.6 Å². The van der Waals surface area contributed by atoms with E-state index in [2.05, 4.69) is 26.2 Å². The Morgan fingerprint density at radius 1 is 1.06 bits per heavy atom. The van der Waals surface area contributed by atoms with Crippen LogP contribution in [0.4, 0.5) is 14.5 Å². The first-order chi connectivity index (χ1) is 15.9. The van der Waals surface area contributed by atoms with Crippen LogP contribution in [0.15, 0.2) is 81.8 Å². The number of hydrogen-bond donors (Lipinski definition) is 1. The molecule has 0 bridgehead atoms. The Labute approximate surface area is 203 Å². The minimum Gasteiger partial charge on any atom is -0.459 e. The highest BCUT2D eigenvalue weighted by molar-refractivity contribution is 9.10. The lowest BCUT2D eigenvalue weighted by molar-refractivity contribution is 0.439. The quantitative estimate of drug-likeness (QED) is 0.294. The maximum absolute atomic E-state index is 14.0. The number of anilines is 1. The van der Waals surface area contributed by atoms with E-state index < -0.39 is 0 Å². The smallest absolute Gasteiger partial charge is 0.174 e. The number of aryl methyl sites for hydroxylation is 1. The summed E-state index contributed by atoms with van der Waals surface area (Å²) < 4.78 is 34.4. The molecule has 5 rings (SSSR count). The summed E-state index contributed by atoms with van der Waals surface area (Å²) in [5.74, 6) is 0.614. The first-order valence-corrected chi connectivity index (χ1v) is 11.4. The number of nitrogens with one attached hydrogen (secondary N) is 1. The molecule has 0 amide bonds. The van der Waals surface area contributed by atoms with Gasteiger partial charge in [-0.1, -0.05) is 6.07 Å². The van der Waals surface area contributed by atoms with Crippen molar-refractivity contribution >= 4 is 38.9 Å². The molecule has 4 aromatic rings. The third-order valence-corrected chi connectivity index (χ3v) is 6.60. The topological polar surface area (TPSA) is 41.3 Å². The van der Waals surface area contributed by atoms with Gasteiger partial charge in [0.1, 0.15) is 29.2 Å². The second kappa shape index (κ2) is 8.68. The van der Waals surface area contributed by atoms with Gasteiger partial charge in [0.05, 0.1) is 11.7 Å². The fourth-order valence-corrected chi connectivity index (χ4v) is 4.94. The van der Waals surface area contributed by atoms with Crippen molar-refractivity contribution in [2.24, 2.45) is 0 Å². The molecule has 8 heteroatoms. The molecule has 166 valence electrons. The molecule has 1 aliphatic heterocycles. The van der Waals surface area contributed by atoms with E-state index in [-0.39, 0.29) is 23.7 Å². The van der Waals surface area contributed by atoms with Crippen molar-refractivity contribution in [1.29, 1.82) is 0 Å². The molecule has 0 unspecified atom stereocenters. The van der Waals surface area contributed by atoms with Crippen LogP contribution in [0.3, 0.4) is 0 Å². The van der Waals surface area contributed by atoms with Crippen LogP contribution in [0.2, 0.25) is 0 Å². The highest BCUT2D eigenvalue weighted by Crippen LogP contribution is 2.43. The van der Waals surface area contributed by atoms with Gasteiger partial charge in [0.25, 0.3) is 0 Å². The van der Waals surface area contributed by atoms with E-state index in [1.54, 1.807) is 31.3 Å². The van der Waals surface area contributed by atoms with E-state index in [0.29, 0.717) is 26.7 Å². The number of nitrogens with zero attached hydrogens (tertiary/aromatic N) is 2. The predicted molar refractivity (Wildman–Crippen MR) is 131 cm³/mol. The third-order valence-electron chi connectivity index (χ3n) is 5.63. The van der Waals surface area contributed by atoms with Crippen LogP contribution in [0.5, 0.6) is 0 Å². The lowest BCUT2D eigenvalue weighted by Crippen LogP contribution is -2.29. The Bertz CT molecular complexity index is 1340. The van der Waals surface area contributed by atoms with Crippen LogP contribution in [0.1, 0.15) is 29.1 Å². The Balaban J connectivity index is 1.61. The van der Waals surface area contributed by atoms with Crippen molar-refractivity contribution in [2.75, 3.05) is 4.90 Å². The molecule has 1 fully saturated rings. The molecule has 0 spiro atoms. The molecule has 1 N–H and O–H groups in total. The molecule has 0 radical (unpaired) electrons. The lowest BCUT2D eigenvalue weighted by Gasteiger charge is -2.26. The summed E-state index contributed by atoms with van der Waals surface area (Å²) in [6.45, 7) is 1.72. The van der Waals surface area contributed by atoms with Gasteiger partial charge in [-0.3, -0.25) is 4.98 Å². The largest absolute Gasteiger partial charge is 0.459 e. The highest BCUT2D eigenvalue weighted by atomic mass is 79.9. The van der Waals surface area contributed by atoms with E-state index in [1.165, 1.54) is 18.2 Å². The molecular formula is C25H18BrF2N3OS. The van der Waals surface area contributed by atoms with Gasteiger partial charge in [0.15, 0.2) is 5.11 Å². The van der Waals surface area contributed by atoms with Crippen LogP contribution in [-0.4, -0.2) is 10.1 Å². The number of pyridine rings is 1. The van der Waals surface area contributed by atoms with Crippen molar-refractivity contribution < 1.29 is 13.2 Å². The Morgan fingerprint density at radius 3 is 2.64 bits per heavy atom. The minimum absolute atomic E-state index is 0.281. The van der Waals surface area contributed by atoms with Crippen LogP contribution >= 0.6 is 28.1 Å². The van der Waals surface area contributed by atoms with Crippen molar-refractivity contribution in [1.82, 2.24) is 10.3 Å². The third kappa shape index (κ3) is 4.05. The molecule has 0 aliphatic carbocycles. The number of aromatic nitrogens is 1. The number of hydrogen-bond acceptors (Lipinski definition) is 3.